The molecule has 0 aliphatic carbocycles. The van der Waals surface area contributed by atoms with Crippen molar-refractivity contribution in [1.82, 2.24) is 4.90 Å². The number of amides is 1. The van der Waals surface area contributed by atoms with Crippen LogP contribution in [0.25, 0.3) is 0 Å². The Morgan fingerprint density at radius 1 is 1.32 bits per heavy atom. The molecule has 0 saturated carbocycles. The van der Waals surface area contributed by atoms with Crippen LogP contribution in [0.2, 0.25) is 0 Å². The van der Waals surface area contributed by atoms with E-state index < -0.39 is 17.0 Å². The molecule has 19 heavy (non-hydrogen) atoms. The highest BCUT2D eigenvalue weighted by molar-refractivity contribution is 6.19. The zero-order chi connectivity index (χ0) is 14.6. The van der Waals surface area contributed by atoms with Crippen LogP contribution in [0.1, 0.15) is 26.3 Å². The van der Waals surface area contributed by atoms with E-state index in [-0.39, 0.29) is 18.3 Å². The van der Waals surface area contributed by atoms with Gasteiger partial charge in [-0.3, -0.25) is 4.79 Å². The van der Waals surface area contributed by atoms with Crippen molar-refractivity contribution in [2.75, 3.05) is 12.4 Å². The van der Waals surface area contributed by atoms with E-state index >= 15 is 0 Å². The van der Waals surface area contributed by atoms with Gasteiger partial charge in [0.1, 0.15) is 0 Å². The highest BCUT2D eigenvalue weighted by Gasteiger charge is 2.30. The lowest BCUT2D eigenvalue weighted by atomic mass is 9.94. The molecule has 0 atom stereocenters. The molecule has 0 radical (unpaired) electrons. The van der Waals surface area contributed by atoms with Crippen LogP contribution in [0.15, 0.2) is 18.2 Å². The fourth-order valence-electron chi connectivity index (χ4n) is 1.67. The summed E-state index contributed by atoms with van der Waals surface area (Å²) in [7, 11) is 0. The summed E-state index contributed by atoms with van der Waals surface area (Å²) < 4.78 is 26.0. The summed E-state index contributed by atoms with van der Waals surface area (Å²) in [5, 5.41) is 0. The van der Waals surface area contributed by atoms with Crippen molar-refractivity contribution in [2.24, 2.45) is 5.41 Å². The van der Waals surface area contributed by atoms with Crippen LogP contribution in [0.5, 0.6) is 0 Å². The van der Waals surface area contributed by atoms with Gasteiger partial charge in [-0.2, -0.15) is 0 Å². The zero-order valence-electron chi connectivity index (χ0n) is 11.3. The molecule has 1 rings (SSSR count). The molecule has 0 fully saturated rings. The van der Waals surface area contributed by atoms with Crippen LogP contribution < -0.4 is 0 Å². The Morgan fingerprint density at radius 3 is 2.42 bits per heavy atom. The number of carbonyl (C=O) groups excluding carboxylic acids is 1. The molecule has 2 nitrogen and oxygen atoms in total. The molecule has 0 aromatic heterocycles. The summed E-state index contributed by atoms with van der Waals surface area (Å²) in [6.07, 6.45) is 0. The second kappa shape index (κ2) is 6.33. The average Bonchev–Trinajstić information content (AvgIpc) is 2.39. The maximum absolute atomic E-state index is 13.1. The van der Waals surface area contributed by atoms with Crippen molar-refractivity contribution in [3.05, 3.63) is 35.4 Å². The Bertz CT molecular complexity index is 463. The molecule has 1 aromatic rings. The van der Waals surface area contributed by atoms with E-state index in [1.807, 2.05) is 6.92 Å². The maximum atomic E-state index is 13.1. The van der Waals surface area contributed by atoms with Gasteiger partial charge in [-0.25, -0.2) is 8.78 Å². The summed E-state index contributed by atoms with van der Waals surface area (Å²) in [6.45, 7) is 6.08. The Hall–Kier alpha value is -1.16. The van der Waals surface area contributed by atoms with E-state index in [2.05, 4.69) is 0 Å². The van der Waals surface area contributed by atoms with Gasteiger partial charge in [-0.15, -0.1) is 11.6 Å². The van der Waals surface area contributed by atoms with Crippen LogP contribution in [-0.2, 0) is 11.3 Å². The van der Waals surface area contributed by atoms with Gasteiger partial charge >= 0.3 is 0 Å². The Labute approximate surface area is 117 Å². The number of alkyl halides is 1. The third kappa shape index (κ3) is 3.90. The minimum Gasteiger partial charge on any atom is -0.338 e. The predicted molar refractivity (Wildman–Crippen MR) is 72.0 cm³/mol. The maximum Gasteiger partial charge on any atom is 0.229 e. The summed E-state index contributed by atoms with van der Waals surface area (Å²) >= 11 is 5.78. The van der Waals surface area contributed by atoms with Gasteiger partial charge in [0.25, 0.3) is 0 Å². The SMILES string of the molecule is CCN(Cc1ccc(F)c(F)c1)C(=O)C(C)(C)CCl. The molecule has 0 unspecified atom stereocenters. The van der Waals surface area contributed by atoms with Gasteiger partial charge in [0.15, 0.2) is 11.6 Å². The number of benzene rings is 1. The summed E-state index contributed by atoms with van der Waals surface area (Å²) in [5.41, 5.74) is -0.115. The summed E-state index contributed by atoms with van der Waals surface area (Å²) in [6, 6.07) is 3.65. The van der Waals surface area contributed by atoms with Gasteiger partial charge in [0.05, 0.1) is 5.41 Å². The lowest BCUT2D eigenvalue weighted by Gasteiger charge is -2.30. The Morgan fingerprint density at radius 2 is 1.95 bits per heavy atom. The molecule has 5 heteroatoms. The van der Waals surface area contributed by atoms with Crippen LogP contribution >= 0.6 is 11.6 Å². The zero-order valence-corrected chi connectivity index (χ0v) is 12.1. The Kier molecular flexibility index (Phi) is 5.29. The highest BCUT2D eigenvalue weighted by Crippen LogP contribution is 2.22. The van der Waals surface area contributed by atoms with Gasteiger partial charge in [-0.05, 0) is 38.5 Å². The van der Waals surface area contributed by atoms with Crippen molar-refractivity contribution < 1.29 is 13.6 Å². The normalized spacial score (nSPS) is 11.5. The number of hydrogen-bond donors (Lipinski definition) is 0. The molecular formula is C14H18ClF2NO. The first kappa shape index (κ1) is 15.9. The Balaban J connectivity index is 2.88. The minimum atomic E-state index is -0.905. The molecular weight excluding hydrogens is 272 g/mol. The number of rotatable bonds is 5. The first-order chi connectivity index (χ1) is 8.81. The fourth-order valence-corrected chi connectivity index (χ4v) is 1.79. The minimum absolute atomic E-state index is 0.102. The quantitative estimate of drug-likeness (QED) is 0.759. The van der Waals surface area contributed by atoms with Gasteiger partial charge in [-0.1, -0.05) is 6.07 Å². The van der Waals surface area contributed by atoms with Crippen molar-refractivity contribution >= 4 is 17.5 Å². The van der Waals surface area contributed by atoms with E-state index in [1.54, 1.807) is 18.7 Å². The van der Waals surface area contributed by atoms with E-state index in [0.29, 0.717) is 12.1 Å². The van der Waals surface area contributed by atoms with E-state index in [0.717, 1.165) is 12.1 Å². The molecule has 0 aliphatic rings. The van der Waals surface area contributed by atoms with Gasteiger partial charge in [0, 0.05) is 19.0 Å². The second-order valence-corrected chi connectivity index (χ2v) is 5.35. The molecule has 0 saturated heterocycles. The summed E-state index contributed by atoms with van der Waals surface area (Å²) in [4.78, 5) is 13.8. The second-order valence-electron chi connectivity index (χ2n) is 5.09. The molecule has 0 heterocycles. The largest absolute Gasteiger partial charge is 0.338 e. The number of hydrogen-bond acceptors (Lipinski definition) is 1. The van der Waals surface area contributed by atoms with E-state index in [1.165, 1.54) is 6.07 Å². The van der Waals surface area contributed by atoms with E-state index in [9.17, 15) is 13.6 Å². The third-order valence-corrected chi connectivity index (χ3v) is 3.61. The van der Waals surface area contributed by atoms with Gasteiger partial charge < -0.3 is 4.90 Å². The van der Waals surface area contributed by atoms with Crippen LogP contribution in [0.3, 0.4) is 0 Å². The standard InChI is InChI=1S/C14H18ClF2NO/c1-4-18(13(19)14(2,3)9-15)8-10-5-6-11(16)12(17)7-10/h5-7H,4,8-9H2,1-3H3. The lowest BCUT2D eigenvalue weighted by Crippen LogP contribution is -2.41. The molecule has 0 aliphatic heterocycles. The van der Waals surface area contributed by atoms with Crippen LogP contribution in [0.4, 0.5) is 8.78 Å². The molecule has 0 spiro atoms. The van der Waals surface area contributed by atoms with Crippen molar-refractivity contribution in [3.8, 4) is 0 Å². The van der Waals surface area contributed by atoms with Crippen molar-refractivity contribution in [2.45, 2.75) is 27.3 Å². The van der Waals surface area contributed by atoms with Crippen LogP contribution in [-0.4, -0.2) is 23.2 Å². The average molecular weight is 290 g/mol. The third-order valence-electron chi connectivity index (χ3n) is 2.94. The predicted octanol–water partition coefficient (Wildman–Crippen LogP) is 3.58. The van der Waals surface area contributed by atoms with Crippen LogP contribution in [0, 0.1) is 17.0 Å². The summed E-state index contributed by atoms with van der Waals surface area (Å²) in [5.74, 6) is -1.69. The number of halogens is 3. The lowest BCUT2D eigenvalue weighted by molar-refractivity contribution is -0.139. The monoisotopic (exact) mass is 289 g/mol. The molecule has 106 valence electrons. The number of carbonyl (C=O) groups is 1. The van der Waals surface area contributed by atoms with Gasteiger partial charge in [0.2, 0.25) is 5.91 Å². The topological polar surface area (TPSA) is 20.3 Å². The number of nitrogens with zero attached hydrogens (tertiary/aromatic N) is 1. The first-order valence-electron chi connectivity index (χ1n) is 6.11. The van der Waals surface area contributed by atoms with Crippen molar-refractivity contribution in [3.63, 3.8) is 0 Å². The molecule has 1 amide bonds. The smallest absolute Gasteiger partial charge is 0.229 e. The fraction of sp³-hybridized carbons (Fsp3) is 0.500. The molecule has 0 N–H and O–H groups in total. The van der Waals surface area contributed by atoms with E-state index in [4.69, 9.17) is 11.6 Å². The molecule has 0 bridgehead atoms. The highest BCUT2D eigenvalue weighted by atomic mass is 35.5. The van der Waals surface area contributed by atoms with Crippen molar-refractivity contribution in [1.29, 1.82) is 0 Å². The first-order valence-corrected chi connectivity index (χ1v) is 6.64. The molecule has 1 aromatic carbocycles.